The van der Waals surface area contributed by atoms with Crippen molar-refractivity contribution in [3.63, 3.8) is 0 Å². The number of hydrogen-bond acceptors (Lipinski definition) is 4. The lowest BCUT2D eigenvalue weighted by molar-refractivity contribution is -0.917. The molecule has 1 aromatic heterocycles. The molecule has 102 valence electrons. The first-order valence-corrected chi connectivity index (χ1v) is 7.29. The van der Waals surface area contributed by atoms with Crippen molar-refractivity contribution in [2.45, 2.75) is 20.1 Å². The molecule has 1 atom stereocenters. The number of rotatable bonds is 5. The summed E-state index contributed by atoms with van der Waals surface area (Å²) in [6.07, 6.45) is 0. The molecule has 1 heterocycles. The van der Waals surface area contributed by atoms with Crippen LogP contribution < -0.4 is 9.64 Å². The summed E-state index contributed by atoms with van der Waals surface area (Å²) in [4.78, 5) is 1.34. The average Bonchev–Trinajstić information content (AvgIpc) is 2.68. The van der Waals surface area contributed by atoms with Crippen molar-refractivity contribution in [3.05, 3.63) is 38.8 Å². The number of methoxy groups -OCH3 is 1. The van der Waals surface area contributed by atoms with Crippen molar-refractivity contribution in [2.24, 2.45) is 0 Å². The molecule has 0 aliphatic rings. The zero-order valence-corrected chi connectivity index (χ0v) is 13.0. The van der Waals surface area contributed by atoms with Crippen molar-refractivity contribution in [2.75, 3.05) is 14.2 Å². The van der Waals surface area contributed by atoms with Gasteiger partial charge in [0.1, 0.15) is 17.3 Å². The maximum absolute atomic E-state index is 5.28. The van der Waals surface area contributed by atoms with Crippen LogP contribution in [0.4, 0.5) is 0 Å². The number of nitrogens with zero attached hydrogens (tertiary/aromatic N) is 2. The molecule has 1 N–H and O–H groups in total. The van der Waals surface area contributed by atoms with Gasteiger partial charge in [-0.05, 0) is 43.4 Å². The number of hydrogen-bond donors (Lipinski definition) is 1. The molecule has 2 rings (SSSR count). The Morgan fingerprint density at radius 2 is 2.05 bits per heavy atom. The number of nitrogens with one attached hydrogen (secondary N) is 1. The highest BCUT2D eigenvalue weighted by Crippen LogP contribution is 2.10. The molecule has 1 unspecified atom stereocenters. The number of aromatic nitrogens is 2. The minimum absolute atomic E-state index is 0.787. The topological polar surface area (TPSA) is 31.5 Å². The molecule has 0 saturated carbocycles. The minimum atomic E-state index is 0.787. The third-order valence-electron chi connectivity index (χ3n) is 2.79. The molecule has 1 aromatic carbocycles. The molecular formula is C13H18N3OS2+. The fourth-order valence-corrected chi connectivity index (χ4v) is 2.98. The largest absolute Gasteiger partial charge is 0.497 e. The van der Waals surface area contributed by atoms with E-state index in [9.17, 15) is 0 Å². The van der Waals surface area contributed by atoms with Gasteiger partial charge in [-0.3, -0.25) is 0 Å². The van der Waals surface area contributed by atoms with Crippen molar-refractivity contribution in [3.8, 4) is 5.75 Å². The van der Waals surface area contributed by atoms with E-state index in [1.165, 1.54) is 10.5 Å². The Morgan fingerprint density at radius 3 is 2.58 bits per heavy atom. The van der Waals surface area contributed by atoms with E-state index < -0.39 is 0 Å². The van der Waals surface area contributed by atoms with Gasteiger partial charge in [-0.15, -0.1) is 0 Å². The molecular weight excluding hydrogens is 278 g/mol. The molecule has 0 saturated heterocycles. The van der Waals surface area contributed by atoms with Gasteiger partial charge in [-0.2, -0.15) is 9.78 Å². The van der Waals surface area contributed by atoms with Gasteiger partial charge in [-0.25, -0.2) is 0 Å². The highest BCUT2D eigenvalue weighted by molar-refractivity contribution is 7.73. The van der Waals surface area contributed by atoms with Crippen LogP contribution in [0, 0.1) is 10.9 Å². The van der Waals surface area contributed by atoms with Crippen LogP contribution in [0.1, 0.15) is 10.6 Å². The molecule has 0 aliphatic carbocycles. The zero-order chi connectivity index (χ0) is 13.8. The van der Waals surface area contributed by atoms with E-state index in [4.69, 9.17) is 17.0 Å². The lowest BCUT2D eigenvalue weighted by Crippen LogP contribution is -3.07. The summed E-state index contributed by atoms with van der Waals surface area (Å²) in [7, 11) is 3.82. The van der Waals surface area contributed by atoms with Crippen LogP contribution in [0.5, 0.6) is 5.75 Å². The SMILES string of the molecule is COc1ccc(C[NH+](C)Cn2nc(C)sc2=S)cc1. The number of quaternary nitrogens is 1. The summed E-state index contributed by atoms with van der Waals surface area (Å²) in [6.45, 7) is 3.70. The number of benzene rings is 1. The Kier molecular flexibility index (Phi) is 4.68. The Labute approximate surface area is 122 Å². The molecule has 6 heteroatoms. The summed E-state index contributed by atoms with van der Waals surface area (Å²) in [6, 6.07) is 8.16. The number of aryl methyl sites for hydroxylation is 1. The molecule has 0 radical (unpaired) electrons. The summed E-state index contributed by atoms with van der Waals surface area (Å²) < 4.78 is 7.89. The van der Waals surface area contributed by atoms with Gasteiger partial charge >= 0.3 is 0 Å². The second-order valence-corrected chi connectivity index (χ2v) is 6.35. The van der Waals surface area contributed by atoms with Gasteiger partial charge in [0.05, 0.1) is 14.2 Å². The molecule has 0 amide bonds. The standard InChI is InChI=1S/C13H17N3OS2/c1-10-14-16(13(18)19-10)9-15(2)8-11-4-6-12(17-3)7-5-11/h4-7H,8-9H2,1-3H3/p+1. The molecule has 0 aliphatic heterocycles. The predicted molar refractivity (Wildman–Crippen MR) is 79.3 cm³/mol. The molecule has 4 nitrogen and oxygen atoms in total. The summed E-state index contributed by atoms with van der Waals surface area (Å²) in [5, 5.41) is 5.43. The third kappa shape index (κ3) is 3.86. The van der Waals surface area contributed by atoms with Crippen LogP contribution in [0.2, 0.25) is 0 Å². The first kappa shape index (κ1) is 14.2. The van der Waals surface area contributed by atoms with Crippen molar-refractivity contribution in [1.82, 2.24) is 9.78 Å². The minimum Gasteiger partial charge on any atom is -0.497 e. The molecule has 0 bridgehead atoms. The number of ether oxygens (including phenoxy) is 1. The lowest BCUT2D eigenvalue weighted by Gasteiger charge is -2.14. The first-order valence-electron chi connectivity index (χ1n) is 6.07. The monoisotopic (exact) mass is 296 g/mol. The van der Waals surface area contributed by atoms with E-state index in [1.54, 1.807) is 18.4 Å². The normalized spacial score (nSPS) is 12.4. The van der Waals surface area contributed by atoms with E-state index in [2.05, 4.69) is 24.3 Å². The van der Waals surface area contributed by atoms with E-state index in [-0.39, 0.29) is 0 Å². The Balaban J connectivity index is 1.98. The second kappa shape index (κ2) is 6.27. The van der Waals surface area contributed by atoms with Crippen LogP contribution in [0.15, 0.2) is 24.3 Å². The predicted octanol–water partition coefficient (Wildman–Crippen LogP) is 1.66. The summed E-state index contributed by atoms with van der Waals surface area (Å²) in [5.41, 5.74) is 1.27. The Hall–Kier alpha value is -1.24. The van der Waals surface area contributed by atoms with Crippen molar-refractivity contribution in [1.29, 1.82) is 0 Å². The van der Waals surface area contributed by atoms with Gasteiger partial charge in [0.15, 0.2) is 10.6 Å². The maximum Gasteiger partial charge on any atom is 0.184 e. The van der Waals surface area contributed by atoms with Crippen LogP contribution >= 0.6 is 23.6 Å². The maximum atomic E-state index is 5.28. The molecule has 0 spiro atoms. The van der Waals surface area contributed by atoms with Gasteiger partial charge in [0.25, 0.3) is 0 Å². The smallest absolute Gasteiger partial charge is 0.184 e. The average molecular weight is 296 g/mol. The highest BCUT2D eigenvalue weighted by atomic mass is 32.1. The molecule has 2 aromatic rings. The van der Waals surface area contributed by atoms with Gasteiger partial charge < -0.3 is 9.64 Å². The van der Waals surface area contributed by atoms with E-state index in [1.807, 2.05) is 23.7 Å². The second-order valence-electron chi connectivity index (χ2n) is 4.53. The van der Waals surface area contributed by atoms with Gasteiger partial charge in [-0.1, -0.05) is 11.3 Å². The van der Waals surface area contributed by atoms with Crippen LogP contribution in [-0.2, 0) is 13.2 Å². The zero-order valence-electron chi connectivity index (χ0n) is 11.3. The van der Waals surface area contributed by atoms with Crippen molar-refractivity contribution >= 4 is 23.6 Å². The van der Waals surface area contributed by atoms with E-state index in [0.717, 1.165) is 27.9 Å². The summed E-state index contributed by atoms with van der Waals surface area (Å²) >= 11 is 6.84. The van der Waals surface area contributed by atoms with E-state index >= 15 is 0 Å². The fourth-order valence-electron chi connectivity index (χ4n) is 1.91. The van der Waals surface area contributed by atoms with E-state index in [0.29, 0.717) is 0 Å². The van der Waals surface area contributed by atoms with Crippen LogP contribution in [0.25, 0.3) is 0 Å². The molecule has 19 heavy (non-hydrogen) atoms. The quantitative estimate of drug-likeness (QED) is 0.852. The highest BCUT2D eigenvalue weighted by Gasteiger charge is 2.07. The van der Waals surface area contributed by atoms with Crippen molar-refractivity contribution < 1.29 is 9.64 Å². The first-order chi connectivity index (χ1) is 9.08. The Bertz CT molecular complexity index is 589. The lowest BCUT2D eigenvalue weighted by atomic mass is 10.2. The summed E-state index contributed by atoms with van der Waals surface area (Å²) in [5.74, 6) is 0.888. The fraction of sp³-hybridized carbons (Fsp3) is 0.385. The Morgan fingerprint density at radius 1 is 1.37 bits per heavy atom. The molecule has 0 fully saturated rings. The van der Waals surface area contributed by atoms with Crippen LogP contribution in [0.3, 0.4) is 0 Å². The third-order valence-corrected chi connectivity index (χ3v) is 4.02. The van der Waals surface area contributed by atoms with Gasteiger partial charge in [0, 0.05) is 5.56 Å². The van der Waals surface area contributed by atoms with Crippen LogP contribution in [-0.4, -0.2) is 23.9 Å². The van der Waals surface area contributed by atoms with Gasteiger partial charge in [0.2, 0.25) is 0 Å².